The lowest BCUT2D eigenvalue weighted by atomic mass is 10.3. The van der Waals surface area contributed by atoms with Crippen LogP contribution in [0.4, 0.5) is 0 Å². The summed E-state index contributed by atoms with van der Waals surface area (Å²) in [5.74, 6) is -4.92. The van der Waals surface area contributed by atoms with Crippen LogP contribution in [-0.2, 0) is 19.2 Å². The Balaban J connectivity index is 4.64. The molecular formula is C10H18N4O6S2. The van der Waals surface area contributed by atoms with E-state index in [1.165, 1.54) is 14.1 Å². The molecule has 0 aliphatic heterocycles. The Kier molecular flexibility index (Phi) is 8.86. The van der Waals surface area contributed by atoms with E-state index in [0.717, 1.165) is 10.0 Å². The van der Waals surface area contributed by atoms with Crippen LogP contribution in [0.3, 0.4) is 0 Å². The van der Waals surface area contributed by atoms with Gasteiger partial charge >= 0.3 is 23.8 Å². The van der Waals surface area contributed by atoms with Crippen LogP contribution >= 0.6 is 25.3 Å². The van der Waals surface area contributed by atoms with Crippen molar-refractivity contribution in [1.29, 1.82) is 0 Å². The monoisotopic (exact) mass is 354 g/mol. The summed E-state index contributed by atoms with van der Waals surface area (Å²) in [6, 6.07) is -2.25. The number of carbonyl (C=O) groups excluding carboxylic acids is 2. The maximum Gasteiger partial charge on any atom is 0.324 e. The molecule has 0 saturated carbocycles. The normalized spacial score (nSPS) is 13.5. The van der Waals surface area contributed by atoms with Crippen LogP contribution in [0.1, 0.15) is 0 Å². The van der Waals surface area contributed by atoms with Crippen molar-refractivity contribution in [3.05, 3.63) is 0 Å². The van der Waals surface area contributed by atoms with E-state index in [1.807, 2.05) is 0 Å². The molecular weight excluding hydrogens is 336 g/mol. The van der Waals surface area contributed by atoms with Gasteiger partial charge in [0.05, 0.1) is 0 Å². The summed E-state index contributed by atoms with van der Waals surface area (Å²) in [5.41, 5.74) is 4.13. The SMILES string of the molecule is CN(NC(=O)C(=O)NN(C)[C@H](CS)C(=O)O)[C@H](CS)C(=O)O. The molecule has 22 heavy (non-hydrogen) atoms. The molecule has 0 aliphatic carbocycles. The number of hydrogen-bond donors (Lipinski definition) is 6. The molecule has 0 heterocycles. The Labute approximate surface area is 137 Å². The van der Waals surface area contributed by atoms with Crippen molar-refractivity contribution in [1.82, 2.24) is 20.9 Å². The molecule has 0 unspecified atom stereocenters. The molecule has 0 rings (SSSR count). The summed E-state index contributed by atoms with van der Waals surface area (Å²) in [5, 5.41) is 19.6. The average molecular weight is 354 g/mol. The smallest absolute Gasteiger partial charge is 0.324 e. The molecule has 0 aromatic carbocycles. The molecule has 0 aromatic heterocycles. The number of thiol groups is 2. The highest BCUT2D eigenvalue weighted by Crippen LogP contribution is 1.98. The number of rotatable bonds is 8. The number of hydrogen-bond acceptors (Lipinski definition) is 8. The first-order valence-electron chi connectivity index (χ1n) is 5.90. The second-order valence-corrected chi connectivity index (χ2v) is 4.91. The van der Waals surface area contributed by atoms with Crippen molar-refractivity contribution >= 4 is 49.0 Å². The van der Waals surface area contributed by atoms with Crippen LogP contribution in [0.25, 0.3) is 0 Å². The van der Waals surface area contributed by atoms with E-state index in [0.29, 0.717) is 0 Å². The molecule has 2 atom stereocenters. The predicted octanol–water partition coefficient (Wildman–Crippen LogP) is -2.32. The highest BCUT2D eigenvalue weighted by atomic mass is 32.1. The Morgan fingerprint density at radius 1 is 0.864 bits per heavy atom. The van der Waals surface area contributed by atoms with Gasteiger partial charge in [-0.15, -0.1) is 0 Å². The second kappa shape index (κ2) is 9.50. The van der Waals surface area contributed by atoms with Crippen molar-refractivity contribution in [2.24, 2.45) is 0 Å². The summed E-state index contributed by atoms with van der Waals surface area (Å²) < 4.78 is 0. The van der Waals surface area contributed by atoms with Crippen LogP contribution in [0.5, 0.6) is 0 Å². The van der Waals surface area contributed by atoms with Gasteiger partial charge in [0, 0.05) is 25.6 Å². The Bertz CT molecular complexity index is 409. The maximum atomic E-state index is 11.6. The standard InChI is InChI=1S/C10H18N4O6S2/c1-13(5(3-21)9(17)18)11-7(15)8(16)12-14(2)6(4-22)10(19)20/h5-6,21-22H,3-4H2,1-2H3,(H,11,15)(H,12,16)(H,17,18)(H,19,20)/t5-,6-/m1/s1. The predicted molar refractivity (Wildman–Crippen MR) is 82.4 cm³/mol. The molecule has 0 bridgehead atoms. The molecule has 0 aliphatic rings. The molecule has 0 radical (unpaired) electrons. The molecule has 0 spiro atoms. The molecule has 126 valence electrons. The fourth-order valence-corrected chi connectivity index (χ4v) is 2.11. The fraction of sp³-hybridized carbons (Fsp3) is 0.600. The zero-order valence-electron chi connectivity index (χ0n) is 11.9. The topological polar surface area (TPSA) is 139 Å². The number of nitrogens with one attached hydrogen (secondary N) is 2. The number of hydrazine groups is 2. The number of likely N-dealkylation sites (N-methyl/N-ethyl adjacent to an activating group) is 2. The average Bonchev–Trinajstić information content (AvgIpc) is 2.38. The van der Waals surface area contributed by atoms with Gasteiger partial charge in [-0.3, -0.25) is 30.0 Å². The Hall–Kier alpha value is -1.50. The van der Waals surface area contributed by atoms with Gasteiger partial charge in [-0.05, 0) is 0 Å². The third-order valence-electron chi connectivity index (χ3n) is 2.61. The van der Waals surface area contributed by atoms with E-state index < -0.39 is 35.8 Å². The quantitative estimate of drug-likeness (QED) is 0.162. The van der Waals surface area contributed by atoms with Crippen LogP contribution in [0.2, 0.25) is 0 Å². The highest BCUT2D eigenvalue weighted by Gasteiger charge is 2.27. The summed E-state index contributed by atoms with van der Waals surface area (Å²) in [6.07, 6.45) is 0. The summed E-state index contributed by atoms with van der Waals surface area (Å²) in [6.45, 7) is 0. The molecule has 10 nitrogen and oxygen atoms in total. The van der Waals surface area contributed by atoms with Crippen molar-refractivity contribution in [2.45, 2.75) is 12.1 Å². The zero-order chi connectivity index (χ0) is 17.4. The van der Waals surface area contributed by atoms with Crippen molar-refractivity contribution < 1.29 is 29.4 Å². The number of carboxylic acids is 2. The van der Waals surface area contributed by atoms with E-state index in [4.69, 9.17) is 10.2 Å². The van der Waals surface area contributed by atoms with Crippen LogP contribution in [0.15, 0.2) is 0 Å². The first-order valence-corrected chi connectivity index (χ1v) is 7.16. The van der Waals surface area contributed by atoms with Gasteiger partial charge in [0.2, 0.25) is 0 Å². The number of aliphatic carboxylic acids is 2. The second-order valence-electron chi connectivity index (χ2n) is 4.18. The lowest BCUT2D eigenvalue weighted by molar-refractivity contribution is -0.151. The molecule has 0 fully saturated rings. The lowest BCUT2D eigenvalue weighted by Crippen LogP contribution is -2.57. The Morgan fingerprint density at radius 2 is 1.14 bits per heavy atom. The molecule has 0 saturated heterocycles. The fourth-order valence-electron chi connectivity index (χ4n) is 1.31. The van der Waals surface area contributed by atoms with Gasteiger partial charge in [-0.1, -0.05) is 0 Å². The summed E-state index contributed by atoms with van der Waals surface area (Å²) >= 11 is 7.66. The number of carbonyl (C=O) groups is 4. The van der Waals surface area contributed by atoms with Gasteiger partial charge < -0.3 is 10.2 Å². The zero-order valence-corrected chi connectivity index (χ0v) is 13.7. The molecule has 2 amide bonds. The van der Waals surface area contributed by atoms with Crippen molar-refractivity contribution in [3.8, 4) is 0 Å². The summed E-state index contributed by atoms with van der Waals surface area (Å²) in [4.78, 5) is 45.0. The largest absolute Gasteiger partial charge is 0.480 e. The summed E-state index contributed by atoms with van der Waals surface area (Å²) in [7, 11) is 2.52. The highest BCUT2D eigenvalue weighted by molar-refractivity contribution is 7.80. The first kappa shape index (κ1) is 20.5. The van der Waals surface area contributed by atoms with Gasteiger partial charge in [-0.25, -0.2) is 10.0 Å². The molecule has 12 heteroatoms. The minimum absolute atomic E-state index is 0.0889. The van der Waals surface area contributed by atoms with Gasteiger partial charge in [0.15, 0.2) is 0 Å². The van der Waals surface area contributed by atoms with Crippen molar-refractivity contribution in [3.63, 3.8) is 0 Å². The first-order chi connectivity index (χ1) is 10.1. The Morgan fingerprint density at radius 3 is 1.32 bits per heavy atom. The maximum absolute atomic E-state index is 11.6. The van der Waals surface area contributed by atoms with Crippen molar-refractivity contribution in [2.75, 3.05) is 25.6 Å². The minimum atomic E-state index is -1.23. The van der Waals surface area contributed by atoms with E-state index in [1.54, 1.807) is 0 Å². The van der Waals surface area contributed by atoms with E-state index >= 15 is 0 Å². The van der Waals surface area contributed by atoms with E-state index in [2.05, 4.69) is 36.1 Å². The van der Waals surface area contributed by atoms with Gasteiger partial charge in [0.25, 0.3) is 0 Å². The van der Waals surface area contributed by atoms with Gasteiger partial charge in [-0.2, -0.15) is 25.3 Å². The number of nitrogens with zero attached hydrogens (tertiary/aromatic N) is 2. The molecule has 4 N–H and O–H groups in total. The number of amides is 2. The van der Waals surface area contributed by atoms with E-state index in [9.17, 15) is 19.2 Å². The minimum Gasteiger partial charge on any atom is -0.480 e. The van der Waals surface area contributed by atoms with E-state index in [-0.39, 0.29) is 11.5 Å². The molecule has 0 aromatic rings. The van der Waals surface area contributed by atoms with Crippen LogP contribution < -0.4 is 10.9 Å². The van der Waals surface area contributed by atoms with Crippen LogP contribution in [0, 0.1) is 0 Å². The van der Waals surface area contributed by atoms with Crippen LogP contribution in [-0.4, -0.2) is 81.7 Å². The number of carboxylic acid groups (broad SMARTS) is 2. The lowest BCUT2D eigenvalue weighted by Gasteiger charge is -2.25. The third-order valence-corrected chi connectivity index (χ3v) is 3.30. The third kappa shape index (κ3) is 6.09. The van der Waals surface area contributed by atoms with Gasteiger partial charge in [0.1, 0.15) is 12.1 Å².